The summed E-state index contributed by atoms with van der Waals surface area (Å²) in [5.41, 5.74) is 7.14. The fraction of sp³-hybridized carbons (Fsp3) is 0.609. The lowest BCUT2D eigenvalue weighted by Crippen LogP contribution is -2.39. The molecular formula is C23H38N6O2. The zero-order valence-electron chi connectivity index (χ0n) is 19.2. The Labute approximate surface area is 186 Å². The molecule has 31 heavy (non-hydrogen) atoms. The Morgan fingerprint density at radius 2 is 1.81 bits per heavy atom. The number of piperidine rings is 1. The number of benzene rings is 1. The highest BCUT2D eigenvalue weighted by Crippen LogP contribution is 2.16. The van der Waals surface area contributed by atoms with Crippen LogP contribution in [0, 0.1) is 5.92 Å². The largest absolute Gasteiger partial charge is 0.369 e. The van der Waals surface area contributed by atoms with E-state index in [2.05, 4.69) is 27.4 Å². The number of aliphatic imine (C=N–C) groups is 1. The third kappa shape index (κ3) is 8.57. The second-order valence-corrected chi connectivity index (χ2v) is 8.24. The Kier molecular flexibility index (Phi) is 10.3. The van der Waals surface area contributed by atoms with Gasteiger partial charge in [-0.15, -0.1) is 0 Å². The number of hydrogen-bond donors (Lipinski definition) is 3. The van der Waals surface area contributed by atoms with Gasteiger partial charge in [0.05, 0.1) is 6.54 Å². The summed E-state index contributed by atoms with van der Waals surface area (Å²) in [6, 6.07) is 7.59. The van der Waals surface area contributed by atoms with Gasteiger partial charge in [0, 0.05) is 38.7 Å². The minimum atomic E-state index is -0.155. The van der Waals surface area contributed by atoms with Crippen molar-refractivity contribution in [2.45, 2.75) is 39.2 Å². The summed E-state index contributed by atoms with van der Waals surface area (Å²) in [7, 11) is 3.50. The van der Waals surface area contributed by atoms with E-state index in [0.29, 0.717) is 12.1 Å². The van der Waals surface area contributed by atoms with Crippen LogP contribution < -0.4 is 16.4 Å². The van der Waals surface area contributed by atoms with Crippen LogP contribution in [-0.2, 0) is 11.3 Å². The molecule has 0 saturated carbocycles. The van der Waals surface area contributed by atoms with Crippen LogP contribution in [0.1, 0.15) is 48.5 Å². The van der Waals surface area contributed by atoms with Crippen molar-refractivity contribution in [2.75, 3.05) is 46.8 Å². The van der Waals surface area contributed by atoms with Gasteiger partial charge in [-0.05, 0) is 69.9 Å². The molecule has 0 atom stereocenters. The molecule has 1 aromatic carbocycles. The SMILES string of the molecule is CCNC(=NCc1ccc(C(=O)N(C)C)cc1)NCCCCN1CCC(C(N)=O)CC1. The fourth-order valence-electron chi connectivity index (χ4n) is 3.63. The molecule has 1 saturated heterocycles. The number of nitrogens with two attached hydrogens (primary N) is 1. The predicted molar refractivity (Wildman–Crippen MR) is 125 cm³/mol. The van der Waals surface area contributed by atoms with Gasteiger partial charge in [-0.1, -0.05) is 12.1 Å². The van der Waals surface area contributed by atoms with E-state index in [1.54, 1.807) is 19.0 Å². The topological polar surface area (TPSA) is 103 Å². The summed E-state index contributed by atoms with van der Waals surface area (Å²) in [6.07, 6.45) is 3.93. The lowest BCUT2D eigenvalue weighted by molar-refractivity contribution is -0.123. The van der Waals surface area contributed by atoms with Gasteiger partial charge >= 0.3 is 0 Å². The number of amides is 2. The van der Waals surface area contributed by atoms with Gasteiger partial charge in [0.1, 0.15) is 0 Å². The zero-order chi connectivity index (χ0) is 22.6. The molecule has 1 fully saturated rings. The molecule has 2 amide bonds. The molecule has 0 radical (unpaired) electrons. The molecule has 0 aliphatic carbocycles. The zero-order valence-corrected chi connectivity index (χ0v) is 19.2. The molecule has 1 aromatic rings. The van der Waals surface area contributed by atoms with Crippen molar-refractivity contribution in [2.24, 2.45) is 16.6 Å². The number of hydrogen-bond acceptors (Lipinski definition) is 4. The Bertz CT molecular complexity index is 724. The average molecular weight is 431 g/mol. The molecule has 172 valence electrons. The van der Waals surface area contributed by atoms with E-state index in [1.807, 2.05) is 24.3 Å². The van der Waals surface area contributed by atoms with E-state index >= 15 is 0 Å². The first-order valence-electron chi connectivity index (χ1n) is 11.2. The van der Waals surface area contributed by atoms with Gasteiger partial charge in [0.25, 0.3) is 5.91 Å². The first-order valence-corrected chi connectivity index (χ1v) is 11.2. The van der Waals surface area contributed by atoms with E-state index in [-0.39, 0.29) is 17.7 Å². The van der Waals surface area contributed by atoms with E-state index in [9.17, 15) is 9.59 Å². The Hall–Kier alpha value is -2.61. The lowest BCUT2D eigenvalue weighted by atomic mass is 9.96. The maximum Gasteiger partial charge on any atom is 0.253 e. The minimum absolute atomic E-state index is 0.00213. The highest BCUT2D eigenvalue weighted by atomic mass is 16.2. The van der Waals surface area contributed by atoms with Crippen molar-refractivity contribution in [1.29, 1.82) is 0 Å². The van der Waals surface area contributed by atoms with Crippen LogP contribution in [0.15, 0.2) is 29.3 Å². The first kappa shape index (κ1) is 24.7. The highest BCUT2D eigenvalue weighted by molar-refractivity contribution is 5.93. The highest BCUT2D eigenvalue weighted by Gasteiger charge is 2.22. The molecule has 0 unspecified atom stereocenters. The molecule has 8 heteroatoms. The summed E-state index contributed by atoms with van der Waals surface area (Å²) in [6.45, 7) is 7.25. The molecule has 0 spiro atoms. The number of nitrogens with zero attached hydrogens (tertiary/aromatic N) is 3. The third-order valence-corrected chi connectivity index (χ3v) is 5.55. The van der Waals surface area contributed by atoms with Crippen LogP contribution in [0.25, 0.3) is 0 Å². The number of nitrogens with one attached hydrogen (secondary N) is 2. The normalized spacial score (nSPS) is 15.5. The van der Waals surface area contributed by atoms with Crippen LogP contribution in [0.3, 0.4) is 0 Å². The summed E-state index contributed by atoms with van der Waals surface area (Å²) in [5.74, 6) is 0.707. The van der Waals surface area contributed by atoms with Crippen LogP contribution in [0.5, 0.6) is 0 Å². The Morgan fingerprint density at radius 3 is 2.39 bits per heavy atom. The number of rotatable bonds is 10. The van der Waals surface area contributed by atoms with Crippen molar-refractivity contribution in [1.82, 2.24) is 20.4 Å². The van der Waals surface area contributed by atoms with Crippen LogP contribution in [-0.4, -0.2) is 74.4 Å². The number of unbranched alkanes of at least 4 members (excludes halogenated alkanes) is 1. The van der Waals surface area contributed by atoms with Gasteiger partial charge < -0.3 is 26.2 Å². The first-order chi connectivity index (χ1) is 14.9. The number of carbonyl (C=O) groups is 2. The molecule has 1 aliphatic heterocycles. The molecule has 0 bridgehead atoms. The van der Waals surface area contributed by atoms with E-state index in [0.717, 1.165) is 69.9 Å². The van der Waals surface area contributed by atoms with Gasteiger partial charge in [-0.3, -0.25) is 9.59 Å². The molecular weight excluding hydrogens is 392 g/mol. The van der Waals surface area contributed by atoms with Gasteiger partial charge in [-0.2, -0.15) is 0 Å². The Morgan fingerprint density at radius 1 is 1.13 bits per heavy atom. The maximum absolute atomic E-state index is 12.0. The minimum Gasteiger partial charge on any atom is -0.369 e. The molecule has 1 heterocycles. The number of likely N-dealkylation sites (tertiary alicyclic amines) is 1. The second-order valence-electron chi connectivity index (χ2n) is 8.24. The average Bonchev–Trinajstić information content (AvgIpc) is 2.77. The number of primary amides is 1. The smallest absolute Gasteiger partial charge is 0.253 e. The number of guanidine groups is 1. The van der Waals surface area contributed by atoms with Crippen molar-refractivity contribution >= 4 is 17.8 Å². The summed E-state index contributed by atoms with van der Waals surface area (Å²) < 4.78 is 0. The monoisotopic (exact) mass is 430 g/mol. The molecule has 8 nitrogen and oxygen atoms in total. The number of carbonyl (C=O) groups excluding carboxylic acids is 2. The standard InChI is InChI=1S/C23H38N6O2/c1-4-25-23(27-17-18-7-9-20(10-8-18)22(31)28(2)3)26-13-5-6-14-29-15-11-19(12-16-29)21(24)30/h7-10,19H,4-6,11-17H2,1-3H3,(H2,24,30)(H2,25,26,27). The van der Waals surface area contributed by atoms with Crippen molar-refractivity contribution < 1.29 is 9.59 Å². The van der Waals surface area contributed by atoms with Crippen molar-refractivity contribution in [3.05, 3.63) is 35.4 Å². The van der Waals surface area contributed by atoms with Gasteiger partial charge in [-0.25, -0.2) is 4.99 Å². The lowest BCUT2D eigenvalue weighted by Gasteiger charge is -2.30. The van der Waals surface area contributed by atoms with Gasteiger partial charge in [0.15, 0.2) is 5.96 Å². The molecule has 0 aromatic heterocycles. The quantitative estimate of drug-likeness (QED) is 0.296. The Balaban J connectivity index is 1.70. The molecule has 2 rings (SSSR count). The summed E-state index contributed by atoms with van der Waals surface area (Å²) in [5, 5.41) is 6.67. The van der Waals surface area contributed by atoms with Crippen LogP contribution in [0.4, 0.5) is 0 Å². The maximum atomic E-state index is 12.0. The van der Waals surface area contributed by atoms with Gasteiger partial charge in [0.2, 0.25) is 5.91 Å². The van der Waals surface area contributed by atoms with E-state index in [1.165, 1.54) is 0 Å². The molecule has 1 aliphatic rings. The van der Waals surface area contributed by atoms with Crippen LogP contribution in [0.2, 0.25) is 0 Å². The predicted octanol–water partition coefficient (Wildman–Crippen LogP) is 1.42. The van der Waals surface area contributed by atoms with Crippen molar-refractivity contribution in [3.8, 4) is 0 Å². The summed E-state index contributed by atoms with van der Waals surface area (Å²) >= 11 is 0. The second kappa shape index (κ2) is 12.9. The van der Waals surface area contributed by atoms with Crippen LogP contribution >= 0.6 is 0 Å². The van der Waals surface area contributed by atoms with Crippen molar-refractivity contribution in [3.63, 3.8) is 0 Å². The van der Waals surface area contributed by atoms with E-state index in [4.69, 9.17) is 5.73 Å². The van der Waals surface area contributed by atoms with E-state index < -0.39 is 0 Å². The molecule has 4 N–H and O–H groups in total. The third-order valence-electron chi connectivity index (χ3n) is 5.55. The fourth-order valence-corrected chi connectivity index (χ4v) is 3.63. The summed E-state index contributed by atoms with van der Waals surface area (Å²) in [4.78, 5) is 31.9.